The molecule has 0 saturated carbocycles. The van der Waals surface area contributed by atoms with E-state index >= 15 is 0 Å². The average Bonchev–Trinajstić information content (AvgIpc) is 2.26. The summed E-state index contributed by atoms with van der Waals surface area (Å²) in [7, 11) is 0. The Bertz CT molecular complexity index is 134. The van der Waals surface area contributed by atoms with Gasteiger partial charge in [-0.25, -0.2) is 0 Å². The Labute approximate surface area is 95.6 Å². The summed E-state index contributed by atoms with van der Waals surface area (Å²) in [6, 6.07) is 0.454. The minimum atomic E-state index is 0.377. The molecular formula is C13H29NO. The third-order valence-electron chi connectivity index (χ3n) is 2.38. The summed E-state index contributed by atoms with van der Waals surface area (Å²) in [5.41, 5.74) is 5.66. The van der Waals surface area contributed by atoms with Gasteiger partial charge in [0.25, 0.3) is 0 Å². The lowest BCUT2D eigenvalue weighted by Crippen LogP contribution is -2.17. The first-order chi connectivity index (χ1) is 7.12. The minimum Gasteiger partial charge on any atom is -0.328 e. The van der Waals surface area contributed by atoms with E-state index < -0.39 is 0 Å². The summed E-state index contributed by atoms with van der Waals surface area (Å²) in [5, 5.41) is 0. The standard InChI is InChI=1S/C7H17N.C6H12O/c1-3-5-6-7(8)4-2;1-3-5-6(7)4-2/h7H,3-6,8H2,1-2H3;3-5H2,1-2H3. The lowest BCUT2D eigenvalue weighted by atomic mass is 10.1. The zero-order chi connectivity index (χ0) is 12.1. The van der Waals surface area contributed by atoms with E-state index in [1.54, 1.807) is 0 Å². The highest BCUT2D eigenvalue weighted by atomic mass is 16.1. The van der Waals surface area contributed by atoms with Crippen molar-refractivity contribution in [2.24, 2.45) is 5.73 Å². The molecule has 2 nitrogen and oxygen atoms in total. The molecule has 0 heterocycles. The van der Waals surface area contributed by atoms with Gasteiger partial charge in [-0.15, -0.1) is 0 Å². The molecule has 0 aromatic rings. The fraction of sp³-hybridized carbons (Fsp3) is 0.923. The van der Waals surface area contributed by atoms with Crippen LogP contribution >= 0.6 is 0 Å². The zero-order valence-electron chi connectivity index (χ0n) is 11.0. The first kappa shape index (κ1) is 17.0. The molecule has 0 aromatic heterocycles. The molecule has 0 radical (unpaired) electrons. The monoisotopic (exact) mass is 215 g/mol. The number of hydrogen-bond acceptors (Lipinski definition) is 2. The Balaban J connectivity index is 0. The Morgan fingerprint density at radius 2 is 1.73 bits per heavy atom. The van der Waals surface area contributed by atoms with Gasteiger partial charge in [0, 0.05) is 18.9 Å². The fourth-order valence-electron chi connectivity index (χ4n) is 1.13. The van der Waals surface area contributed by atoms with Gasteiger partial charge in [-0.1, -0.05) is 40.5 Å². The van der Waals surface area contributed by atoms with Gasteiger partial charge in [0.1, 0.15) is 5.78 Å². The molecule has 2 heteroatoms. The number of hydrogen-bond donors (Lipinski definition) is 1. The third kappa shape index (κ3) is 16.3. The van der Waals surface area contributed by atoms with Crippen LogP contribution in [-0.2, 0) is 4.79 Å². The zero-order valence-corrected chi connectivity index (χ0v) is 11.0. The maximum Gasteiger partial charge on any atom is 0.132 e. The van der Waals surface area contributed by atoms with Crippen molar-refractivity contribution in [3.63, 3.8) is 0 Å². The molecule has 0 spiro atoms. The van der Waals surface area contributed by atoms with Gasteiger partial charge in [-0.05, 0) is 19.3 Å². The lowest BCUT2D eigenvalue weighted by molar-refractivity contribution is -0.118. The average molecular weight is 215 g/mol. The predicted octanol–water partition coefficient (Wildman–Crippen LogP) is 3.68. The molecule has 0 saturated heterocycles. The van der Waals surface area contributed by atoms with Crippen LogP contribution in [-0.4, -0.2) is 11.8 Å². The molecule has 15 heavy (non-hydrogen) atoms. The number of ketones is 1. The van der Waals surface area contributed by atoms with Crippen LogP contribution in [0.25, 0.3) is 0 Å². The molecule has 0 aliphatic heterocycles. The summed E-state index contributed by atoms with van der Waals surface area (Å²) in [5.74, 6) is 0.377. The smallest absolute Gasteiger partial charge is 0.132 e. The third-order valence-corrected chi connectivity index (χ3v) is 2.38. The molecule has 0 aliphatic rings. The van der Waals surface area contributed by atoms with E-state index in [1.807, 2.05) is 13.8 Å². The van der Waals surface area contributed by atoms with Crippen molar-refractivity contribution in [1.29, 1.82) is 0 Å². The Morgan fingerprint density at radius 1 is 1.13 bits per heavy atom. The topological polar surface area (TPSA) is 43.1 Å². The Kier molecular flexibility index (Phi) is 15.5. The fourth-order valence-corrected chi connectivity index (χ4v) is 1.13. The quantitative estimate of drug-likeness (QED) is 0.704. The van der Waals surface area contributed by atoms with E-state index in [-0.39, 0.29) is 0 Å². The van der Waals surface area contributed by atoms with Crippen LogP contribution in [0.4, 0.5) is 0 Å². The summed E-state index contributed by atoms with van der Waals surface area (Å²) in [6.45, 7) is 8.26. The molecular weight excluding hydrogens is 186 g/mol. The predicted molar refractivity (Wildman–Crippen MR) is 68.0 cm³/mol. The summed E-state index contributed by atoms with van der Waals surface area (Å²) < 4.78 is 0. The van der Waals surface area contributed by atoms with Crippen molar-refractivity contribution in [2.75, 3.05) is 0 Å². The molecule has 0 fully saturated rings. The number of nitrogens with two attached hydrogens (primary N) is 1. The van der Waals surface area contributed by atoms with E-state index in [9.17, 15) is 4.79 Å². The van der Waals surface area contributed by atoms with E-state index in [2.05, 4.69) is 13.8 Å². The molecule has 0 bridgehead atoms. The Hall–Kier alpha value is -0.370. The summed E-state index contributed by atoms with van der Waals surface area (Å²) in [6.07, 6.45) is 7.34. The second-order valence-corrected chi connectivity index (χ2v) is 3.95. The largest absolute Gasteiger partial charge is 0.328 e. The van der Waals surface area contributed by atoms with Crippen LogP contribution in [0.3, 0.4) is 0 Å². The second-order valence-electron chi connectivity index (χ2n) is 3.95. The van der Waals surface area contributed by atoms with E-state index in [1.165, 1.54) is 19.3 Å². The van der Waals surface area contributed by atoms with E-state index in [0.29, 0.717) is 18.2 Å². The normalized spacial score (nSPS) is 11.5. The van der Waals surface area contributed by atoms with Crippen molar-refractivity contribution < 1.29 is 4.79 Å². The van der Waals surface area contributed by atoms with Crippen LogP contribution in [0.2, 0.25) is 0 Å². The lowest BCUT2D eigenvalue weighted by Gasteiger charge is -2.04. The molecule has 1 unspecified atom stereocenters. The highest BCUT2D eigenvalue weighted by molar-refractivity contribution is 5.77. The van der Waals surface area contributed by atoms with E-state index in [0.717, 1.165) is 19.3 Å². The molecule has 0 amide bonds. The van der Waals surface area contributed by atoms with Crippen molar-refractivity contribution in [1.82, 2.24) is 0 Å². The van der Waals surface area contributed by atoms with Gasteiger partial charge in [0.2, 0.25) is 0 Å². The van der Waals surface area contributed by atoms with Gasteiger partial charge >= 0.3 is 0 Å². The first-order valence-electron chi connectivity index (χ1n) is 6.39. The van der Waals surface area contributed by atoms with Gasteiger partial charge < -0.3 is 5.73 Å². The van der Waals surface area contributed by atoms with Crippen LogP contribution in [0.1, 0.15) is 72.6 Å². The molecule has 92 valence electrons. The maximum atomic E-state index is 10.4. The van der Waals surface area contributed by atoms with Crippen LogP contribution in [0.15, 0.2) is 0 Å². The summed E-state index contributed by atoms with van der Waals surface area (Å²) in [4.78, 5) is 10.4. The molecule has 0 aromatic carbocycles. The van der Waals surface area contributed by atoms with Gasteiger partial charge in [0.05, 0.1) is 0 Å². The molecule has 0 aliphatic carbocycles. The number of Topliss-reactive ketones (excluding diaryl/α,β-unsaturated/α-hetero) is 1. The molecule has 0 rings (SSSR count). The number of carbonyl (C=O) groups is 1. The summed E-state index contributed by atoms with van der Waals surface area (Å²) >= 11 is 0. The van der Waals surface area contributed by atoms with Crippen molar-refractivity contribution in [3.8, 4) is 0 Å². The maximum absolute atomic E-state index is 10.4. The highest BCUT2D eigenvalue weighted by Gasteiger charge is 1.94. The number of unbranched alkanes of at least 4 members (excludes halogenated alkanes) is 1. The van der Waals surface area contributed by atoms with Gasteiger partial charge in [-0.3, -0.25) is 4.79 Å². The van der Waals surface area contributed by atoms with Crippen molar-refractivity contribution in [3.05, 3.63) is 0 Å². The molecule has 1 atom stereocenters. The number of carbonyl (C=O) groups excluding carboxylic acids is 1. The second kappa shape index (κ2) is 13.6. The number of rotatable bonds is 7. The molecule has 2 N–H and O–H groups in total. The van der Waals surface area contributed by atoms with Crippen molar-refractivity contribution >= 4 is 5.78 Å². The van der Waals surface area contributed by atoms with E-state index in [4.69, 9.17) is 5.73 Å². The van der Waals surface area contributed by atoms with Crippen LogP contribution in [0, 0.1) is 0 Å². The van der Waals surface area contributed by atoms with Crippen LogP contribution in [0.5, 0.6) is 0 Å². The van der Waals surface area contributed by atoms with Crippen LogP contribution < -0.4 is 5.73 Å². The highest BCUT2D eigenvalue weighted by Crippen LogP contribution is 1.99. The first-order valence-corrected chi connectivity index (χ1v) is 6.39. The van der Waals surface area contributed by atoms with Crippen molar-refractivity contribution in [2.45, 2.75) is 78.7 Å². The minimum absolute atomic E-state index is 0.377. The Morgan fingerprint density at radius 3 is 2.00 bits per heavy atom. The van der Waals surface area contributed by atoms with Gasteiger partial charge in [0.15, 0.2) is 0 Å². The van der Waals surface area contributed by atoms with Gasteiger partial charge in [-0.2, -0.15) is 0 Å². The SMILES string of the molecule is CCCC(=O)CC.CCCCC(N)CC.